The van der Waals surface area contributed by atoms with Gasteiger partial charge in [0, 0.05) is 22.8 Å². The zero-order valence-corrected chi connectivity index (χ0v) is 11.6. The molecule has 2 aliphatic rings. The van der Waals surface area contributed by atoms with Gasteiger partial charge in [-0.05, 0) is 43.6 Å². The van der Waals surface area contributed by atoms with Gasteiger partial charge in [-0.25, -0.2) is 0 Å². The van der Waals surface area contributed by atoms with E-state index in [4.69, 9.17) is 0 Å². The van der Waals surface area contributed by atoms with Gasteiger partial charge in [0.15, 0.2) is 0 Å². The number of carbonyl (C=O) groups excluding carboxylic acids is 1. The molecule has 18 heavy (non-hydrogen) atoms. The van der Waals surface area contributed by atoms with E-state index in [0.717, 1.165) is 19.4 Å². The molecule has 1 aromatic rings. The molecule has 1 aromatic carbocycles. The van der Waals surface area contributed by atoms with Gasteiger partial charge in [0.25, 0.3) is 0 Å². The first-order valence-corrected chi connectivity index (χ1v) is 7.89. The van der Waals surface area contributed by atoms with Gasteiger partial charge >= 0.3 is 0 Å². The number of thioether (sulfide) groups is 1. The van der Waals surface area contributed by atoms with Crippen molar-refractivity contribution in [2.24, 2.45) is 5.92 Å². The van der Waals surface area contributed by atoms with E-state index in [1.54, 1.807) is 11.8 Å². The van der Waals surface area contributed by atoms with Crippen LogP contribution >= 0.6 is 11.8 Å². The number of hydrogen-bond acceptors (Lipinski definition) is 2. The normalized spacial score (nSPS) is 20.5. The molecular formula is C15H19NOS. The molecule has 2 saturated carbocycles. The molecule has 3 rings (SSSR count). The molecule has 0 bridgehead atoms. The zero-order valence-electron chi connectivity index (χ0n) is 10.7. The highest BCUT2D eigenvalue weighted by Crippen LogP contribution is 2.50. The van der Waals surface area contributed by atoms with Crippen molar-refractivity contribution in [3.63, 3.8) is 0 Å². The summed E-state index contributed by atoms with van der Waals surface area (Å²) in [5.74, 6) is 0.583. The second-order valence-corrected chi connectivity index (χ2v) is 6.32. The van der Waals surface area contributed by atoms with Gasteiger partial charge in [0.05, 0.1) is 0 Å². The van der Waals surface area contributed by atoms with Crippen LogP contribution in [0.1, 0.15) is 31.2 Å². The summed E-state index contributed by atoms with van der Waals surface area (Å²) in [7, 11) is 0. The molecule has 1 N–H and O–H groups in total. The third kappa shape index (κ3) is 2.28. The molecule has 0 unspecified atom stereocenters. The van der Waals surface area contributed by atoms with Crippen LogP contribution in [-0.4, -0.2) is 18.7 Å². The van der Waals surface area contributed by atoms with Crippen molar-refractivity contribution in [2.45, 2.75) is 36.0 Å². The summed E-state index contributed by atoms with van der Waals surface area (Å²) in [6.45, 7) is 0.819. The Morgan fingerprint density at radius 1 is 1.39 bits per heavy atom. The van der Waals surface area contributed by atoms with Crippen molar-refractivity contribution in [3.8, 4) is 0 Å². The van der Waals surface area contributed by atoms with E-state index in [9.17, 15) is 4.79 Å². The summed E-state index contributed by atoms with van der Waals surface area (Å²) in [4.78, 5) is 13.1. The van der Waals surface area contributed by atoms with Gasteiger partial charge in [-0.3, -0.25) is 4.79 Å². The molecule has 3 heteroatoms. The predicted octanol–water partition coefficient (Wildman–Crippen LogP) is 2.97. The van der Waals surface area contributed by atoms with Gasteiger partial charge in [0.1, 0.15) is 0 Å². The maximum Gasteiger partial charge on any atom is 0.223 e. The third-order valence-corrected chi connectivity index (χ3v) is 4.88. The monoisotopic (exact) mass is 261 g/mol. The molecule has 1 amide bonds. The van der Waals surface area contributed by atoms with E-state index in [2.05, 4.69) is 35.8 Å². The highest BCUT2D eigenvalue weighted by molar-refractivity contribution is 7.98. The number of nitrogens with one attached hydrogen (secondary N) is 1. The standard InChI is InChI=1S/C15H19NOS/c1-18-13-5-3-2-4-12(13)15(8-9-15)10-16-14(17)11-6-7-11/h2-5,11H,6-10H2,1H3,(H,16,17). The highest BCUT2D eigenvalue weighted by Gasteiger charge is 2.46. The smallest absolute Gasteiger partial charge is 0.223 e. The van der Waals surface area contributed by atoms with Crippen LogP contribution in [0, 0.1) is 5.92 Å². The maximum absolute atomic E-state index is 11.7. The van der Waals surface area contributed by atoms with Crippen LogP contribution in [0.25, 0.3) is 0 Å². The lowest BCUT2D eigenvalue weighted by Gasteiger charge is -2.19. The Morgan fingerprint density at radius 3 is 2.72 bits per heavy atom. The van der Waals surface area contributed by atoms with Gasteiger partial charge in [-0.1, -0.05) is 18.2 Å². The van der Waals surface area contributed by atoms with E-state index in [1.165, 1.54) is 23.3 Å². The van der Waals surface area contributed by atoms with E-state index >= 15 is 0 Å². The number of amides is 1. The fourth-order valence-electron chi connectivity index (χ4n) is 2.52. The van der Waals surface area contributed by atoms with Crippen molar-refractivity contribution in [1.82, 2.24) is 5.32 Å². The molecule has 96 valence electrons. The summed E-state index contributed by atoms with van der Waals surface area (Å²) in [6, 6.07) is 8.61. The average molecular weight is 261 g/mol. The third-order valence-electron chi connectivity index (χ3n) is 4.08. The molecule has 0 radical (unpaired) electrons. The molecule has 0 spiro atoms. The van der Waals surface area contributed by atoms with Crippen molar-refractivity contribution < 1.29 is 4.79 Å². The minimum absolute atomic E-state index is 0.226. The minimum Gasteiger partial charge on any atom is -0.355 e. The maximum atomic E-state index is 11.7. The van der Waals surface area contributed by atoms with Crippen molar-refractivity contribution >= 4 is 17.7 Å². The summed E-state index contributed by atoms with van der Waals surface area (Å²) in [6.07, 6.45) is 6.70. The van der Waals surface area contributed by atoms with E-state index in [1.807, 2.05) is 0 Å². The minimum atomic E-state index is 0.226. The number of rotatable bonds is 5. The first-order chi connectivity index (χ1) is 8.75. The summed E-state index contributed by atoms with van der Waals surface area (Å²) in [5, 5.41) is 3.15. The quantitative estimate of drug-likeness (QED) is 0.826. The van der Waals surface area contributed by atoms with Gasteiger partial charge in [-0.15, -0.1) is 11.8 Å². The van der Waals surface area contributed by atoms with Crippen LogP contribution in [0.3, 0.4) is 0 Å². The predicted molar refractivity (Wildman–Crippen MR) is 74.9 cm³/mol. The van der Waals surface area contributed by atoms with E-state index in [0.29, 0.717) is 5.92 Å². The lowest BCUT2D eigenvalue weighted by molar-refractivity contribution is -0.122. The Morgan fingerprint density at radius 2 is 2.11 bits per heavy atom. The Hall–Kier alpha value is -0.960. The van der Waals surface area contributed by atoms with Crippen LogP contribution in [0.15, 0.2) is 29.2 Å². The number of hydrogen-bond donors (Lipinski definition) is 1. The fourth-order valence-corrected chi connectivity index (χ4v) is 3.24. The first-order valence-electron chi connectivity index (χ1n) is 6.66. The zero-order chi connectivity index (χ0) is 12.6. The fraction of sp³-hybridized carbons (Fsp3) is 0.533. The SMILES string of the molecule is CSc1ccccc1C1(CNC(=O)C2CC2)CC1. The van der Waals surface area contributed by atoms with Gasteiger partial charge in [0.2, 0.25) is 5.91 Å². The van der Waals surface area contributed by atoms with Gasteiger partial charge in [-0.2, -0.15) is 0 Å². The number of benzene rings is 1. The van der Waals surface area contributed by atoms with Crippen molar-refractivity contribution in [1.29, 1.82) is 0 Å². The second-order valence-electron chi connectivity index (χ2n) is 5.47. The highest BCUT2D eigenvalue weighted by atomic mass is 32.2. The summed E-state index contributed by atoms with van der Waals surface area (Å²) in [5.41, 5.74) is 1.65. The molecule has 2 fully saturated rings. The molecule has 2 aliphatic carbocycles. The lowest BCUT2D eigenvalue weighted by Crippen LogP contribution is -2.33. The average Bonchev–Trinajstić information content (AvgIpc) is 3.30. The molecule has 0 saturated heterocycles. The molecule has 2 nitrogen and oxygen atoms in total. The molecule has 0 atom stereocenters. The van der Waals surface area contributed by atoms with E-state index < -0.39 is 0 Å². The van der Waals surface area contributed by atoms with Crippen molar-refractivity contribution in [2.75, 3.05) is 12.8 Å². The molecular weight excluding hydrogens is 242 g/mol. The second kappa shape index (κ2) is 4.61. The molecule has 0 aromatic heterocycles. The summed E-state index contributed by atoms with van der Waals surface area (Å²) >= 11 is 1.80. The van der Waals surface area contributed by atoms with Crippen LogP contribution in [0.2, 0.25) is 0 Å². The van der Waals surface area contributed by atoms with E-state index in [-0.39, 0.29) is 11.3 Å². The molecule has 0 aliphatic heterocycles. The Balaban J connectivity index is 1.71. The van der Waals surface area contributed by atoms with Crippen LogP contribution in [-0.2, 0) is 10.2 Å². The van der Waals surface area contributed by atoms with Crippen LogP contribution in [0.5, 0.6) is 0 Å². The summed E-state index contributed by atoms with van der Waals surface area (Å²) < 4.78 is 0. The van der Waals surface area contributed by atoms with Crippen LogP contribution in [0.4, 0.5) is 0 Å². The Kier molecular flexibility index (Phi) is 3.10. The lowest BCUT2D eigenvalue weighted by atomic mass is 9.96. The molecule has 0 heterocycles. The first kappa shape index (κ1) is 12.1. The number of carbonyl (C=O) groups is 1. The largest absolute Gasteiger partial charge is 0.355 e. The Bertz CT molecular complexity index is 463. The van der Waals surface area contributed by atoms with Crippen molar-refractivity contribution in [3.05, 3.63) is 29.8 Å². The topological polar surface area (TPSA) is 29.1 Å². The Labute approximate surface area is 113 Å². The van der Waals surface area contributed by atoms with Gasteiger partial charge < -0.3 is 5.32 Å². The van der Waals surface area contributed by atoms with Crippen LogP contribution < -0.4 is 5.32 Å².